The minimum atomic E-state index is -0.632. The number of nitro benzene ring substituents is 1. The lowest BCUT2D eigenvalue weighted by molar-refractivity contribution is -0.385. The maximum absolute atomic E-state index is 11.0. The van der Waals surface area contributed by atoms with Crippen molar-refractivity contribution in [2.24, 2.45) is 0 Å². The molecule has 20 heavy (non-hydrogen) atoms. The maximum Gasteiger partial charge on any atom is 0.313 e. The second-order valence-electron chi connectivity index (χ2n) is 3.70. The number of benzene rings is 2. The summed E-state index contributed by atoms with van der Waals surface area (Å²) >= 11 is 11.6. The molecule has 0 aliphatic rings. The first-order valence-corrected chi connectivity index (χ1v) is 6.09. The van der Waals surface area contributed by atoms with E-state index in [9.17, 15) is 10.1 Å². The normalized spacial score (nSPS) is 9.85. The molecule has 0 aromatic heterocycles. The third-order valence-corrected chi connectivity index (χ3v) is 3.15. The Kier molecular flexibility index (Phi) is 4.08. The van der Waals surface area contributed by atoms with Gasteiger partial charge in [-0.1, -0.05) is 35.3 Å². The van der Waals surface area contributed by atoms with Crippen molar-refractivity contribution in [3.63, 3.8) is 0 Å². The molecule has 0 unspecified atom stereocenters. The van der Waals surface area contributed by atoms with Gasteiger partial charge in [0.15, 0.2) is 0 Å². The fourth-order valence-corrected chi connectivity index (χ4v) is 1.82. The van der Waals surface area contributed by atoms with Crippen molar-refractivity contribution in [1.82, 2.24) is 0 Å². The van der Waals surface area contributed by atoms with Gasteiger partial charge >= 0.3 is 5.69 Å². The Hall–Kier alpha value is -2.29. The molecular weight excluding hydrogens is 303 g/mol. The number of hydrogen-bond donors (Lipinski definition) is 0. The number of ether oxygens (including phenoxy) is 1. The van der Waals surface area contributed by atoms with Crippen LogP contribution in [0.5, 0.6) is 11.5 Å². The van der Waals surface area contributed by atoms with Crippen LogP contribution in [0.2, 0.25) is 10.0 Å². The molecule has 0 aliphatic heterocycles. The van der Waals surface area contributed by atoms with Crippen molar-refractivity contribution in [2.75, 3.05) is 0 Å². The fourth-order valence-electron chi connectivity index (χ4n) is 1.51. The molecule has 2 aromatic rings. The average molecular weight is 309 g/mol. The minimum absolute atomic E-state index is 0.0549. The van der Waals surface area contributed by atoms with E-state index in [-0.39, 0.29) is 32.8 Å². The van der Waals surface area contributed by atoms with E-state index in [0.29, 0.717) is 0 Å². The quantitative estimate of drug-likeness (QED) is 0.615. The van der Waals surface area contributed by atoms with Gasteiger partial charge in [0.05, 0.1) is 20.5 Å². The Morgan fingerprint density at radius 2 is 1.80 bits per heavy atom. The molecule has 7 heteroatoms. The molecule has 0 N–H and O–H groups in total. The zero-order valence-corrected chi connectivity index (χ0v) is 11.4. The highest BCUT2D eigenvalue weighted by atomic mass is 35.5. The van der Waals surface area contributed by atoms with E-state index in [2.05, 4.69) is 0 Å². The molecule has 2 aromatic carbocycles. The van der Waals surface area contributed by atoms with Crippen molar-refractivity contribution >= 4 is 28.9 Å². The second-order valence-corrected chi connectivity index (χ2v) is 4.52. The number of rotatable bonds is 3. The summed E-state index contributed by atoms with van der Waals surface area (Å²) in [5.74, 6) is 0.128. The first-order valence-electron chi connectivity index (χ1n) is 5.33. The number of hydrogen-bond acceptors (Lipinski definition) is 4. The van der Waals surface area contributed by atoms with Gasteiger partial charge in [-0.25, -0.2) is 0 Å². The van der Waals surface area contributed by atoms with Gasteiger partial charge in [-0.05, 0) is 12.1 Å². The van der Waals surface area contributed by atoms with E-state index < -0.39 is 4.92 Å². The van der Waals surface area contributed by atoms with Crippen molar-refractivity contribution in [3.05, 3.63) is 62.1 Å². The van der Waals surface area contributed by atoms with Gasteiger partial charge in [-0.2, -0.15) is 5.26 Å². The predicted octanol–water partition coefficient (Wildman–Crippen LogP) is 4.57. The van der Waals surface area contributed by atoms with Gasteiger partial charge in [0.25, 0.3) is 0 Å². The largest absolute Gasteiger partial charge is 0.449 e. The molecule has 0 fully saturated rings. The number of nitriles is 1. The lowest BCUT2D eigenvalue weighted by atomic mass is 10.2. The lowest BCUT2D eigenvalue weighted by Gasteiger charge is -2.08. The van der Waals surface area contributed by atoms with Crippen LogP contribution in [0.3, 0.4) is 0 Å². The van der Waals surface area contributed by atoms with Crippen LogP contribution in [-0.4, -0.2) is 4.92 Å². The molecule has 0 saturated heterocycles. The molecule has 0 heterocycles. The zero-order chi connectivity index (χ0) is 14.7. The van der Waals surface area contributed by atoms with Crippen molar-refractivity contribution < 1.29 is 9.66 Å². The van der Waals surface area contributed by atoms with E-state index in [1.807, 2.05) is 6.07 Å². The van der Waals surface area contributed by atoms with Crippen molar-refractivity contribution in [3.8, 4) is 17.6 Å². The Balaban J connectivity index is 2.51. The topological polar surface area (TPSA) is 76.2 Å². The van der Waals surface area contributed by atoms with Crippen LogP contribution in [0.15, 0.2) is 36.4 Å². The van der Waals surface area contributed by atoms with E-state index in [0.717, 1.165) is 6.07 Å². The smallest absolute Gasteiger partial charge is 0.313 e. The monoisotopic (exact) mass is 308 g/mol. The van der Waals surface area contributed by atoms with Crippen LogP contribution in [0, 0.1) is 21.4 Å². The van der Waals surface area contributed by atoms with E-state index in [4.69, 9.17) is 33.2 Å². The molecule has 5 nitrogen and oxygen atoms in total. The Labute approximate surface area is 124 Å². The molecule has 0 atom stereocenters. The molecular formula is C13H6Cl2N2O3. The molecule has 0 bridgehead atoms. The van der Waals surface area contributed by atoms with Gasteiger partial charge in [0.1, 0.15) is 11.8 Å². The van der Waals surface area contributed by atoms with E-state index >= 15 is 0 Å². The van der Waals surface area contributed by atoms with Crippen LogP contribution in [-0.2, 0) is 0 Å². The van der Waals surface area contributed by atoms with Gasteiger partial charge in [0, 0.05) is 12.1 Å². The summed E-state index contributed by atoms with van der Waals surface area (Å²) in [6, 6.07) is 10.7. The zero-order valence-electron chi connectivity index (χ0n) is 9.84. The molecule has 0 saturated carbocycles. The third kappa shape index (κ3) is 2.82. The summed E-state index contributed by atoms with van der Waals surface area (Å²) in [5.41, 5.74) is -0.0694. The molecule has 0 spiro atoms. The number of halogens is 2. The Bertz CT molecular complexity index is 726. The summed E-state index contributed by atoms with van der Waals surface area (Å²) in [6.07, 6.45) is 0. The van der Waals surface area contributed by atoms with Gasteiger partial charge in [0.2, 0.25) is 5.75 Å². The fraction of sp³-hybridized carbons (Fsp3) is 0. The van der Waals surface area contributed by atoms with Crippen molar-refractivity contribution in [1.29, 1.82) is 5.26 Å². The van der Waals surface area contributed by atoms with E-state index in [1.165, 1.54) is 12.1 Å². The molecule has 100 valence electrons. The maximum atomic E-state index is 11.0. The van der Waals surface area contributed by atoms with Crippen LogP contribution in [0.1, 0.15) is 5.56 Å². The number of para-hydroxylation sites is 1. The van der Waals surface area contributed by atoms with Gasteiger partial charge in [-0.3, -0.25) is 10.1 Å². The van der Waals surface area contributed by atoms with Crippen LogP contribution < -0.4 is 4.74 Å². The van der Waals surface area contributed by atoms with Crippen LogP contribution >= 0.6 is 23.2 Å². The standard InChI is InChI=1S/C13H6Cl2N2O3/c14-9-5-11(17(18)19)13(6-10(9)15)20-12-4-2-1-3-8(12)7-16/h1-6H. The molecule has 0 radical (unpaired) electrons. The molecule has 2 rings (SSSR count). The van der Waals surface area contributed by atoms with Crippen molar-refractivity contribution in [2.45, 2.75) is 0 Å². The first kappa shape index (κ1) is 14.1. The highest BCUT2D eigenvalue weighted by molar-refractivity contribution is 6.42. The highest BCUT2D eigenvalue weighted by Crippen LogP contribution is 2.38. The van der Waals surface area contributed by atoms with Gasteiger partial charge < -0.3 is 4.74 Å². The lowest BCUT2D eigenvalue weighted by Crippen LogP contribution is -1.95. The minimum Gasteiger partial charge on any atom is -0.449 e. The third-order valence-electron chi connectivity index (χ3n) is 2.43. The first-order chi connectivity index (χ1) is 9.52. The predicted molar refractivity (Wildman–Crippen MR) is 74.3 cm³/mol. The van der Waals surface area contributed by atoms with E-state index in [1.54, 1.807) is 18.2 Å². The van der Waals surface area contributed by atoms with Crippen LogP contribution in [0.4, 0.5) is 5.69 Å². The summed E-state index contributed by atoms with van der Waals surface area (Å²) in [6.45, 7) is 0. The summed E-state index contributed by atoms with van der Waals surface area (Å²) in [5, 5.41) is 20.1. The SMILES string of the molecule is N#Cc1ccccc1Oc1cc(Cl)c(Cl)cc1[N+](=O)[O-]. The summed E-state index contributed by atoms with van der Waals surface area (Å²) in [7, 11) is 0. The second kappa shape index (κ2) is 5.78. The average Bonchev–Trinajstić information content (AvgIpc) is 2.43. The van der Waals surface area contributed by atoms with Crippen LogP contribution in [0.25, 0.3) is 0 Å². The Morgan fingerprint density at radius 1 is 1.15 bits per heavy atom. The molecule has 0 aliphatic carbocycles. The number of nitrogens with zero attached hydrogens (tertiary/aromatic N) is 2. The Morgan fingerprint density at radius 3 is 2.45 bits per heavy atom. The highest BCUT2D eigenvalue weighted by Gasteiger charge is 2.20. The number of nitro groups is 1. The van der Waals surface area contributed by atoms with Gasteiger partial charge in [-0.15, -0.1) is 0 Å². The molecule has 0 amide bonds. The summed E-state index contributed by atoms with van der Waals surface area (Å²) in [4.78, 5) is 10.4. The summed E-state index contributed by atoms with van der Waals surface area (Å²) < 4.78 is 5.42.